The number of rotatable bonds is 2. The Bertz CT molecular complexity index is 1530. The van der Waals surface area contributed by atoms with Crippen molar-refractivity contribution in [2.75, 3.05) is 19.8 Å². The van der Waals surface area contributed by atoms with Crippen LogP contribution in [0.4, 0.5) is 0 Å². The fourth-order valence-corrected chi connectivity index (χ4v) is 5.71. The zero-order valence-electron chi connectivity index (χ0n) is 21.4. The van der Waals surface area contributed by atoms with Crippen molar-refractivity contribution in [3.05, 3.63) is 93.5 Å². The number of hydrogen-bond acceptors (Lipinski definition) is 5. The van der Waals surface area contributed by atoms with Crippen molar-refractivity contribution in [3.8, 4) is 0 Å². The number of carboxylic acids is 1. The third-order valence-electron chi connectivity index (χ3n) is 7.85. The van der Waals surface area contributed by atoms with Crippen LogP contribution in [0.1, 0.15) is 56.1 Å². The molecule has 1 atom stereocenters. The minimum atomic E-state index is -0.862. The molecular weight excluding hydrogens is 480 g/mol. The maximum atomic E-state index is 13.3. The number of aliphatic carboxylic acids is 1. The number of aryl methyl sites for hydroxylation is 1. The molecule has 9 rings (SSSR count). The van der Waals surface area contributed by atoms with Gasteiger partial charge in [0, 0.05) is 24.6 Å². The lowest BCUT2D eigenvalue weighted by Crippen LogP contribution is -2.36. The SMILES string of the molecule is Cc1c2ccc3c1nnn3CCOCCc1ccc(cc1)C(=O)N1CCc3ccc(cc3C1)C2CC(=O)O. The highest BCUT2D eigenvalue weighted by Gasteiger charge is 2.26. The van der Waals surface area contributed by atoms with Crippen molar-refractivity contribution in [2.45, 2.75) is 45.2 Å². The van der Waals surface area contributed by atoms with Gasteiger partial charge in [-0.1, -0.05) is 41.6 Å². The molecule has 0 spiro atoms. The average molecular weight is 511 g/mol. The largest absolute Gasteiger partial charge is 0.481 e. The van der Waals surface area contributed by atoms with E-state index in [0.29, 0.717) is 38.4 Å². The van der Waals surface area contributed by atoms with Crippen LogP contribution in [0, 0.1) is 6.92 Å². The van der Waals surface area contributed by atoms with E-state index in [1.807, 2.05) is 59.0 Å². The molecule has 0 saturated heterocycles. The molecule has 0 aliphatic carbocycles. The predicted molar refractivity (Wildman–Crippen MR) is 142 cm³/mol. The molecule has 0 radical (unpaired) electrons. The van der Waals surface area contributed by atoms with Gasteiger partial charge in [0.05, 0.1) is 31.7 Å². The summed E-state index contributed by atoms with van der Waals surface area (Å²) in [4.78, 5) is 27.2. The molecule has 9 bridgehead atoms. The quantitative estimate of drug-likeness (QED) is 0.436. The number of carboxylic acid groups (broad SMARTS) is 1. The zero-order valence-corrected chi connectivity index (χ0v) is 21.4. The van der Waals surface area contributed by atoms with Crippen LogP contribution in [-0.2, 0) is 35.5 Å². The molecule has 0 saturated carbocycles. The van der Waals surface area contributed by atoms with Gasteiger partial charge in [-0.25, -0.2) is 4.68 Å². The normalized spacial score (nSPS) is 17.9. The van der Waals surface area contributed by atoms with Gasteiger partial charge in [-0.2, -0.15) is 0 Å². The van der Waals surface area contributed by atoms with Crippen molar-refractivity contribution >= 4 is 22.9 Å². The second-order valence-corrected chi connectivity index (χ2v) is 10.2. The smallest absolute Gasteiger partial charge is 0.304 e. The Morgan fingerprint density at radius 2 is 1.87 bits per heavy atom. The number of aromatic nitrogens is 3. The number of hydrogen-bond donors (Lipinski definition) is 1. The Balaban J connectivity index is 1.44. The van der Waals surface area contributed by atoms with E-state index in [-0.39, 0.29) is 18.2 Å². The average Bonchev–Trinajstić information content (AvgIpc) is 3.34. The van der Waals surface area contributed by atoms with Crippen molar-refractivity contribution in [2.24, 2.45) is 0 Å². The van der Waals surface area contributed by atoms with Crippen LogP contribution in [0.25, 0.3) is 11.0 Å². The summed E-state index contributed by atoms with van der Waals surface area (Å²) in [6, 6.07) is 18.0. The van der Waals surface area contributed by atoms with Gasteiger partial charge in [-0.3, -0.25) is 9.59 Å². The molecule has 38 heavy (non-hydrogen) atoms. The van der Waals surface area contributed by atoms with Crippen LogP contribution in [0.5, 0.6) is 0 Å². The summed E-state index contributed by atoms with van der Waals surface area (Å²) in [5, 5.41) is 18.6. The molecule has 5 aliphatic heterocycles. The fourth-order valence-electron chi connectivity index (χ4n) is 5.71. The number of amides is 1. The highest BCUT2D eigenvalue weighted by Crippen LogP contribution is 2.35. The third-order valence-corrected chi connectivity index (χ3v) is 7.85. The molecule has 5 aliphatic rings. The minimum absolute atomic E-state index is 0.0144. The van der Waals surface area contributed by atoms with Gasteiger partial charge in [0.1, 0.15) is 5.52 Å². The first-order valence-electron chi connectivity index (χ1n) is 13.1. The molecule has 3 aromatic carbocycles. The van der Waals surface area contributed by atoms with Crippen LogP contribution in [-0.4, -0.2) is 56.6 Å². The molecule has 6 heterocycles. The van der Waals surface area contributed by atoms with Gasteiger partial charge >= 0.3 is 5.97 Å². The van der Waals surface area contributed by atoms with E-state index < -0.39 is 5.97 Å². The van der Waals surface area contributed by atoms with Gasteiger partial charge in [0.25, 0.3) is 5.91 Å². The van der Waals surface area contributed by atoms with Gasteiger partial charge in [-0.05, 0) is 71.3 Å². The standard InChI is InChI=1S/C30H30N4O4/c1-19-25-8-9-27-29(19)31-32-34(27)13-15-38-14-11-20-2-4-22(5-3-20)30(37)33-12-10-21-6-7-23(16-24(21)18-33)26(25)17-28(35)36/h2-9,16,26H,10-15,17-18H2,1H3,(H,35,36). The van der Waals surface area contributed by atoms with Gasteiger partial charge in [0.2, 0.25) is 0 Å². The lowest BCUT2D eigenvalue weighted by molar-refractivity contribution is -0.137. The summed E-state index contributed by atoms with van der Waals surface area (Å²) in [6.07, 6.45) is 1.50. The first-order valence-corrected chi connectivity index (χ1v) is 13.1. The van der Waals surface area contributed by atoms with Gasteiger partial charge in [0.15, 0.2) is 0 Å². The summed E-state index contributed by atoms with van der Waals surface area (Å²) < 4.78 is 7.72. The van der Waals surface area contributed by atoms with Gasteiger partial charge in [-0.15, -0.1) is 5.10 Å². The fraction of sp³-hybridized carbons (Fsp3) is 0.333. The molecule has 0 fully saturated rings. The Kier molecular flexibility index (Phi) is 6.41. The first-order chi connectivity index (χ1) is 18.5. The molecular formula is C30H30N4O4. The maximum absolute atomic E-state index is 13.3. The number of nitrogens with zero attached hydrogens (tertiary/aromatic N) is 4. The third kappa shape index (κ3) is 4.56. The van der Waals surface area contributed by atoms with E-state index in [0.717, 1.165) is 51.7 Å². The summed E-state index contributed by atoms with van der Waals surface area (Å²) in [5.74, 6) is -1.19. The second-order valence-electron chi connectivity index (χ2n) is 10.2. The molecule has 1 unspecified atom stereocenters. The van der Waals surface area contributed by atoms with E-state index in [9.17, 15) is 14.7 Å². The van der Waals surface area contributed by atoms with E-state index in [1.54, 1.807) is 0 Å². The summed E-state index contributed by atoms with van der Waals surface area (Å²) in [5.41, 5.74) is 8.55. The maximum Gasteiger partial charge on any atom is 0.304 e. The summed E-state index contributed by atoms with van der Waals surface area (Å²) in [7, 11) is 0. The van der Waals surface area contributed by atoms with Crippen molar-refractivity contribution < 1.29 is 19.4 Å². The number of carbonyl (C=O) groups is 2. The highest BCUT2D eigenvalue weighted by atomic mass is 16.5. The number of benzene rings is 3. The minimum Gasteiger partial charge on any atom is -0.481 e. The van der Waals surface area contributed by atoms with E-state index in [2.05, 4.69) is 22.4 Å². The zero-order chi connectivity index (χ0) is 26.2. The molecule has 194 valence electrons. The topological polar surface area (TPSA) is 97.5 Å². The number of carbonyl (C=O) groups excluding carboxylic acids is 1. The molecule has 8 heteroatoms. The van der Waals surface area contributed by atoms with E-state index >= 15 is 0 Å². The van der Waals surface area contributed by atoms with E-state index in [4.69, 9.17) is 4.74 Å². The van der Waals surface area contributed by atoms with E-state index in [1.165, 1.54) is 5.56 Å². The van der Waals surface area contributed by atoms with Crippen LogP contribution >= 0.6 is 0 Å². The predicted octanol–water partition coefficient (Wildman–Crippen LogP) is 4.12. The number of ether oxygens (including phenoxy) is 1. The van der Waals surface area contributed by atoms with Crippen LogP contribution in [0.15, 0.2) is 54.6 Å². The second kappa shape index (κ2) is 10.0. The van der Waals surface area contributed by atoms with Crippen molar-refractivity contribution in [1.82, 2.24) is 19.9 Å². The summed E-state index contributed by atoms with van der Waals surface area (Å²) in [6.45, 7) is 4.79. The molecule has 4 aromatic rings. The van der Waals surface area contributed by atoms with Crippen LogP contribution < -0.4 is 0 Å². The van der Waals surface area contributed by atoms with Crippen LogP contribution in [0.3, 0.4) is 0 Å². The molecule has 8 nitrogen and oxygen atoms in total. The van der Waals surface area contributed by atoms with Crippen molar-refractivity contribution in [3.63, 3.8) is 0 Å². The Morgan fingerprint density at radius 1 is 1.03 bits per heavy atom. The molecule has 1 N–H and O–H groups in total. The lowest BCUT2D eigenvalue weighted by Gasteiger charge is -2.30. The van der Waals surface area contributed by atoms with Crippen molar-refractivity contribution in [1.29, 1.82) is 0 Å². The molecule has 1 amide bonds. The van der Waals surface area contributed by atoms with Crippen LogP contribution in [0.2, 0.25) is 0 Å². The monoisotopic (exact) mass is 510 g/mol. The van der Waals surface area contributed by atoms with Gasteiger partial charge < -0.3 is 14.7 Å². The Hall–Kier alpha value is -4.04. The highest BCUT2D eigenvalue weighted by molar-refractivity contribution is 5.94. The molecule has 1 aromatic heterocycles. The lowest BCUT2D eigenvalue weighted by atomic mass is 9.83. The Labute approximate surface area is 220 Å². The first kappa shape index (κ1) is 24.3. The Morgan fingerprint density at radius 3 is 2.68 bits per heavy atom. The summed E-state index contributed by atoms with van der Waals surface area (Å²) >= 11 is 0.